The normalized spacial score (nSPS) is 10.2. The van der Waals surface area contributed by atoms with Gasteiger partial charge in [0.15, 0.2) is 0 Å². The molecule has 0 aliphatic heterocycles. The number of aryl methyl sites for hydroxylation is 4. The van der Waals surface area contributed by atoms with Crippen LogP contribution in [0.5, 0.6) is 0 Å². The molecule has 2 rings (SSSR count). The molecule has 100 valence electrons. The first-order valence-corrected chi connectivity index (χ1v) is 5.87. The number of nitrogens with zero attached hydrogens (tertiary/aromatic N) is 4. The van der Waals surface area contributed by atoms with Crippen molar-refractivity contribution in [1.82, 2.24) is 19.6 Å². The second-order valence-electron chi connectivity index (χ2n) is 4.24. The summed E-state index contributed by atoms with van der Waals surface area (Å²) < 4.78 is 3.84. The predicted molar refractivity (Wildman–Crippen MR) is 75.2 cm³/mol. The number of aromatic nitrogens is 4. The van der Waals surface area contributed by atoms with Crippen LogP contribution in [0, 0.1) is 13.8 Å². The van der Waals surface area contributed by atoms with Gasteiger partial charge in [-0.3, -0.25) is 9.36 Å². The van der Waals surface area contributed by atoms with Gasteiger partial charge in [0.2, 0.25) is 0 Å². The van der Waals surface area contributed by atoms with Gasteiger partial charge in [-0.1, -0.05) is 0 Å². The van der Waals surface area contributed by atoms with Gasteiger partial charge >= 0.3 is 0 Å². The molecule has 0 saturated heterocycles. The molecule has 0 saturated carbocycles. The summed E-state index contributed by atoms with van der Waals surface area (Å²) in [7, 11) is 1.96. The molecule has 2 aromatic rings. The van der Waals surface area contributed by atoms with E-state index in [4.69, 9.17) is 0 Å². The zero-order valence-corrected chi connectivity index (χ0v) is 12.1. The van der Waals surface area contributed by atoms with Crippen LogP contribution in [0.1, 0.15) is 23.9 Å². The highest BCUT2D eigenvalue weighted by Crippen LogP contribution is 2.14. The zero-order valence-electron chi connectivity index (χ0n) is 11.3. The fourth-order valence-corrected chi connectivity index (χ4v) is 1.86. The summed E-state index contributed by atoms with van der Waals surface area (Å²) in [5, 5.41) is 12.0. The molecule has 1 N–H and O–H groups in total. The number of anilines is 1. The van der Waals surface area contributed by atoms with Crippen LogP contribution in [0.3, 0.4) is 0 Å². The first kappa shape index (κ1) is 14.6. The lowest BCUT2D eigenvalue weighted by atomic mass is 10.2. The van der Waals surface area contributed by atoms with Gasteiger partial charge in [0.1, 0.15) is 0 Å². The van der Waals surface area contributed by atoms with Gasteiger partial charge in [-0.15, -0.1) is 12.4 Å². The molecule has 0 atom stereocenters. The van der Waals surface area contributed by atoms with Crippen LogP contribution >= 0.6 is 12.4 Å². The minimum atomic E-state index is 0. The third kappa shape index (κ3) is 2.85. The van der Waals surface area contributed by atoms with Crippen LogP contribution < -0.4 is 5.32 Å². The van der Waals surface area contributed by atoms with Crippen molar-refractivity contribution >= 4 is 18.1 Å². The number of hydrogen-bond donors (Lipinski definition) is 1. The second-order valence-corrected chi connectivity index (χ2v) is 4.24. The lowest BCUT2D eigenvalue weighted by molar-refractivity contribution is 0.653. The largest absolute Gasteiger partial charge is 0.377 e. The van der Waals surface area contributed by atoms with Gasteiger partial charge < -0.3 is 5.32 Å². The van der Waals surface area contributed by atoms with Crippen molar-refractivity contribution in [1.29, 1.82) is 0 Å². The summed E-state index contributed by atoms with van der Waals surface area (Å²) in [6.07, 6.45) is 3.93. The summed E-state index contributed by atoms with van der Waals surface area (Å²) in [5.41, 5.74) is 4.54. The van der Waals surface area contributed by atoms with Gasteiger partial charge in [0, 0.05) is 19.8 Å². The van der Waals surface area contributed by atoms with Gasteiger partial charge in [-0.2, -0.15) is 10.2 Å². The topological polar surface area (TPSA) is 47.7 Å². The average Bonchev–Trinajstić information content (AvgIpc) is 2.81. The number of halogens is 1. The lowest BCUT2D eigenvalue weighted by Crippen LogP contribution is -2.06. The Hall–Kier alpha value is -1.49. The van der Waals surface area contributed by atoms with Gasteiger partial charge in [-0.05, 0) is 26.3 Å². The molecule has 0 aliphatic rings. The van der Waals surface area contributed by atoms with E-state index in [1.54, 1.807) is 0 Å². The molecule has 2 heterocycles. The highest BCUT2D eigenvalue weighted by molar-refractivity contribution is 5.85. The van der Waals surface area contributed by atoms with E-state index in [1.165, 1.54) is 11.3 Å². The van der Waals surface area contributed by atoms with Crippen molar-refractivity contribution in [3.05, 3.63) is 29.3 Å². The molecule has 0 bridgehead atoms. The summed E-state index contributed by atoms with van der Waals surface area (Å²) in [6, 6.07) is 0. The Labute approximate surface area is 114 Å². The molecule has 0 aliphatic carbocycles. The molecule has 5 nitrogen and oxygen atoms in total. The summed E-state index contributed by atoms with van der Waals surface area (Å²) >= 11 is 0. The van der Waals surface area contributed by atoms with Gasteiger partial charge in [-0.25, -0.2) is 0 Å². The van der Waals surface area contributed by atoms with Crippen molar-refractivity contribution in [3.63, 3.8) is 0 Å². The molecule has 0 amide bonds. The maximum atomic E-state index is 4.41. The summed E-state index contributed by atoms with van der Waals surface area (Å²) in [4.78, 5) is 0. The standard InChI is InChI=1S/C12H19N5.ClH/c1-5-17-8-11(10(3)15-17)13-7-12-9(2)6-14-16(12)4;/h6,8,13H,5,7H2,1-4H3;1H. The monoisotopic (exact) mass is 269 g/mol. The molecule has 0 spiro atoms. The molecule has 0 fully saturated rings. The van der Waals surface area contributed by atoms with E-state index >= 15 is 0 Å². The quantitative estimate of drug-likeness (QED) is 0.926. The average molecular weight is 270 g/mol. The van der Waals surface area contributed by atoms with Crippen LogP contribution in [-0.2, 0) is 20.1 Å². The molecular weight excluding hydrogens is 250 g/mol. The van der Waals surface area contributed by atoms with Crippen LogP contribution in [0.15, 0.2) is 12.4 Å². The smallest absolute Gasteiger partial charge is 0.0825 e. The minimum absolute atomic E-state index is 0. The SMILES string of the molecule is CCn1cc(NCc2c(C)cnn2C)c(C)n1.Cl. The fraction of sp³-hybridized carbons (Fsp3) is 0.500. The van der Waals surface area contributed by atoms with Crippen molar-refractivity contribution in [3.8, 4) is 0 Å². The third-order valence-corrected chi connectivity index (χ3v) is 2.99. The Morgan fingerprint density at radius 3 is 2.56 bits per heavy atom. The fourth-order valence-electron chi connectivity index (χ4n) is 1.86. The van der Waals surface area contributed by atoms with Crippen LogP contribution in [0.2, 0.25) is 0 Å². The maximum Gasteiger partial charge on any atom is 0.0825 e. The Morgan fingerprint density at radius 1 is 1.33 bits per heavy atom. The molecule has 0 aromatic carbocycles. The van der Waals surface area contributed by atoms with Crippen LogP contribution in [0.25, 0.3) is 0 Å². The Balaban J connectivity index is 0.00000162. The van der Waals surface area contributed by atoms with E-state index in [1.807, 2.05) is 35.7 Å². The van der Waals surface area contributed by atoms with Crippen molar-refractivity contribution in [2.75, 3.05) is 5.32 Å². The molecule has 6 heteroatoms. The van der Waals surface area contributed by atoms with E-state index in [9.17, 15) is 0 Å². The molecule has 0 radical (unpaired) electrons. The first-order chi connectivity index (χ1) is 8.11. The van der Waals surface area contributed by atoms with E-state index in [0.29, 0.717) is 0 Å². The number of rotatable bonds is 4. The van der Waals surface area contributed by atoms with Crippen LogP contribution in [-0.4, -0.2) is 19.6 Å². The van der Waals surface area contributed by atoms with Crippen molar-refractivity contribution in [2.45, 2.75) is 33.9 Å². The van der Waals surface area contributed by atoms with E-state index in [-0.39, 0.29) is 12.4 Å². The van der Waals surface area contributed by atoms with Crippen molar-refractivity contribution < 1.29 is 0 Å². The Bertz CT molecular complexity index is 495. The first-order valence-electron chi connectivity index (χ1n) is 5.87. The van der Waals surface area contributed by atoms with E-state index in [0.717, 1.165) is 24.5 Å². The Kier molecular flexibility index (Phi) is 4.78. The third-order valence-electron chi connectivity index (χ3n) is 2.99. The molecular formula is C12H20ClN5. The summed E-state index contributed by atoms with van der Waals surface area (Å²) in [6.45, 7) is 7.85. The molecule has 0 unspecified atom stereocenters. The molecule has 2 aromatic heterocycles. The van der Waals surface area contributed by atoms with E-state index < -0.39 is 0 Å². The lowest BCUT2D eigenvalue weighted by Gasteiger charge is -2.06. The highest BCUT2D eigenvalue weighted by Gasteiger charge is 2.07. The number of nitrogens with one attached hydrogen (secondary N) is 1. The van der Waals surface area contributed by atoms with Gasteiger partial charge in [0.05, 0.1) is 29.8 Å². The predicted octanol–water partition coefficient (Wildman–Crippen LogP) is 2.29. The van der Waals surface area contributed by atoms with Crippen molar-refractivity contribution in [2.24, 2.45) is 7.05 Å². The maximum absolute atomic E-state index is 4.41. The highest BCUT2D eigenvalue weighted by atomic mass is 35.5. The minimum Gasteiger partial charge on any atom is -0.377 e. The molecule has 18 heavy (non-hydrogen) atoms. The van der Waals surface area contributed by atoms with Gasteiger partial charge in [0.25, 0.3) is 0 Å². The Morgan fingerprint density at radius 2 is 2.06 bits per heavy atom. The number of hydrogen-bond acceptors (Lipinski definition) is 3. The summed E-state index contributed by atoms with van der Waals surface area (Å²) in [5.74, 6) is 0. The van der Waals surface area contributed by atoms with Crippen LogP contribution in [0.4, 0.5) is 5.69 Å². The zero-order chi connectivity index (χ0) is 12.4. The second kappa shape index (κ2) is 5.91. The van der Waals surface area contributed by atoms with E-state index in [2.05, 4.69) is 29.4 Å².